The van der Waals surface area contributed by atoms with E-state index in [4.69, 9.17) is 0 Å². The number of benzene rings is 2. The molecule has 3 aromatic rings. The van der Waals surface area contributed by atoms with E-state index in [1.807, 2.05) is 29.8 Å². The summed E-state index contributed by atoms with van der Waals surface area (Å²) in [7, 11) is 1.95. The van der Waals surface area contributed by atoms with E-state index in [0.717, 1.165) is 14.7 Å². The highest BCUT2D eigenvalue weighted by Gasteiger charge is 2.11. The highest BCUT2D eigenvalue weighted by Crippen LogP contribution is 2.22. The van der Waals surface area contributed by atoms with Gasteiger partial charge in [-0.25, -0.2) is 0 Å². The molecule has 0 saturated heterocycles. The number of fused-ring (bicyclic) bond motifs is 1. The molecule has 3 nitrogen and oxygen atoms in total. The maximum Gasteiger partial charge on any atom is 0.280 e. The number of nitrogens with zero attached hydrogens (tertiary/aromatic N) is 2. The Morgan fingerprint density at radius 3 is 2.68 bits per heavy atom. The molecule has 3 rings (SSSR count). The molecule has 0 N–H and O–H groups in total. The maximum absolute atomic E-state index is 12.4. The summed E-state index contributed by atoms with van der Waals surface area (Å²) >= 11 is 4.94. The van der Waals surface area contributed by atoms with Crippen LogP contribution in [0.5, 0.6) is 0 Å². The van der Waals surface area contributed by atoms with Crippen molar-refractivity contribution in [2.45, 2.75) is 13.8 Å². The van der Waals surface area contributed by atoms with Crippen molar-refractivity contribution in [3.63, 3.8) is 0 Å². The molecule has 0 bridgehead atoms. The van der Waals surface area contributed by atoms with E-state index < -0.39 is 0 Å². The van der Waals surface area contributed by atoms with Crippen molar-refractivity contribution in [2.24, 2.45) is 12.0 Å². The van der Waals surface area contributed by atoms with Crippen LogP contribution < -0.4 is 4.80 Å². The molecule has 0 aliphatic heterocycles. The smallest absolute Gasteiger partial charge is 0.280 e. The molecule has 112 valence electrons. The molecular weight excluding hydrogens is 360 g/mol. The average Bonchev–Trinajstić information content (AvgIpc) is 2.75. The number of amides is 1. The van der Waals surface area contributed by atoms with Crippen LogP contribution in [-0.4, -0.2) is 10.5 Å². The van der Waals surface area contributed by atoms with Crippen LogP contribution in [0, 0.1) is 13.8 Å². The van der Waals surface area contributed by atoms with Gasteiger partial charge in [-0.3, -0.25) is 4.79 Å². The summed E-state index contributed by atoms with van der Waals surface area (Å²) in [5.74, 6) is -0.232. The molecule has 0 unspecified atom stereocenters. The molecule has 0 aliphatic rings. The van der Waals surface area contributed by atoms with Gasteiger partial charge in [0.05, 0.1) is 15.8 Å². The van der Waals surface area contributed by atoms with Crippen LogP contribution in [0.15, 0.2) is 45.9 Å². The molecular formula is C17H15BrN2OS. The van der Waals surface area contributed by atoms with Crippen LogP contribution in [0.1, 0.15) is 21.5 Å². The molecule has 0 fully saturated rings. The zero-order valence-electron chi connectivity index (χ0n) is 12.6. The fraction of sp³-hybridized carbons (Fsp3) is 0.176. The van der Waals surface area contributed by atoms with Gasteiger partial charge in [0, 0.05) is 11.5 Å². The molecule has 22 heavy (non-hydrogen) atoms. The molecule has 0 spiro atoms. The standard InChI is InChI=1S/C17H15BrN2OS/c1-10-8-11(2)15-14(9-10)22-17(20(15)3)19-16(21)12-6-4-5-7-13(12)18/h4-9H,1-3H3. The van der Waals surface area contributed by atoms with Crippen molar-refractivity contribution in [1.82, 2.24) is 4.57 Å². The lowest BCUT2D eigenvalue weighted by atomic mass is 10.1. The van der Waals surface area contributed by atoms with Crippen LogP contribution >= 0.6 is 27.3 Å². The molecule has 5 heteroatoms. The Balaban J connectivity index is 2.18. The maximum atomic E-state index is 12.4. The molecule has 0 atom stereocenters. The third-order valence-corrected chi connectivity index (χ3v) is 5.31. The molecule has 2 aromatic carbocycles. The third kappa shape index (κ3) is 2.66. The highest BCUT2D eigenvalue weighted by molar-refractivity contribution is 9.10. The van der Waals surface area contributed by atoms with Gasteiger partial charge >= 0.3 is 0 Å². The summed E-state index contributed by atoms with van der Waals surface area (Å²) in [4.78, 5) is 17.4. The Labute approximate surface area is 141 Å². The van der Waals surface area contributed by atoms with Crippen LogP contribution in [0.4, 0.5) is 0 Å². The first-order chi connectivity index (χ1) is 10.5. The lowest BCUT2D eigenvalue weighted by molar-refractivity contribution is 0.0997. The fourth-order valence-electron chi connectivity index (χ4n) is 2.57. The highest BCUT2D eigenvalue weighted by atomic mass is 79.9. The Kier molecular flexibility index (Phi) is 4.02. The van der Waals surface area contributed by atoms with Crippen LogP contribution in [-0.2, 0) is 7.05 Å². The number of hydrogen-bond acceptors (Lipinski definition) is 2. The molecule has 1 aromatic heterocycles. The van der Waals surface area contributed by atoms with Gasteiger partial charge in [-0.05, 0) is 59.1 Å². The van der Waals surface area contributed by atoms with E-state index in [1.165, 1.54) is 11.1 Å². The third-order valence-electron chi connectivity index (χ3n) is 3.53. The van der Waals surface area contributed by atoms with Gasteiger partial charge in [0.1, 0.15) is 0 Å². The lowest BCUT2D eigenvalue weighted by Gasteiger charge is -2.01. The predicted molar refractivity (Wildman–Crippen MR) is 94.3 cm³/mol. The SMILES string of the molecule is Cc1cc(C)c2c(c1)sc(=NC(=O)c1ccccc1Br)n2C. The van der Waals surface area contributed by atoms with Crippen molar-refractivity contribution in [2.75, 3.05) is 0 Å². The zero-order chi connectivity index (χ0) is 15.9. The van der Waals surface area contributed by atoms with E-state index in [0.29, 0.717) is 10.4 Å². The van der Waals surface area contributed by atoms with E-state index in [1.54, 1.807) is 17.4 Å². The Morgan fingerprint density at radius 2 is 1.95 bits per heavy atom. The first kappa shape index (κ1) is 15.2. The molecule has 1 amide bonds. The monoisotopic (exact) mass is 374 g/mol. The second-order valence-electron chi connectivity index (χ2n) is 5.27. The van der Waals surface area contributed by atoms with Gasteiger partial charge in [-0.2, -0.15) is 4.99 Å². The summed E-state index contributed by atoms with van der Waals surface area (Å²) in [6.45, 7) is 4.16. The van der Waals surface area contributed by atoms with Gasteiger partial charge in [-0.1, -0.05) is 29.5 Å². The quantitative estimate of drug-likeness (QED) is 0.622. The summed E-state index contributed by atoms with van der Waals surface area (Å²) in [6, 6.07) is 11.6. The minimum Gasteiger partial charge on any atom is -0.319 e. The van der Waals surface area contributed by atoms with Crippen LogP contribution in [0.25, 0.3) is 10.2 Å². The number of aryl methyl sites for hydroxylation is 3. The normalized spacial score (nSPS) is 12.1. The second-order valence-corrected chi connectivity index (χ2v) is 7.13. The van der Waals surface area contributed by atoms with Gasteiger partial charge in [0.25, 0.3) is 5.91 Å². The Morgan fingerprint density at radius 1 is 1.23 bits per heavy atom. The van der Waals surface area contributed by atoms with Crippen molar-refractivity contribution in [3.05, 3.63) is 62.4 Å². The molecule has 0 radical (unpaired) electrons. The predicted octanol–water partition coefficient (Wildman–Crippen LogP) is 4.36. The van der Waals surface area contributed by atoms with Gasteiger partial charge < -0.3 is 4.57 Å². The number of carbonyl (C=O) groups is 1. The summed E-state index contributed by atoms with van der Waals surface area (Å²) in [6.07, 6.45) is 0. The van der Waals surface area contributed by atoms with Crippen molar-refractivity contribution < 1.29 is 4.79 Å². The fourth-order valence-corrected chi connectivity index (χ4v) is 4.22. The van der Waals surface area contributed by atoms with E-state index in [2.05, 4.69) is 46.9 Å². The topological polar surface area (TPSA) is 34.4 Å². The number of rotatable bonds is 1. The number of thiazole rings is 1. The number of carbonyl (C=O) groups excluding carboxylic acids is 1. The Bertz CT molecular complexity index is 953. The average molecular weight is 375 g/mol. The van der Waals surface area contributed by atoms with Crippen molar-refractivity contribution in [1.29, 1.82) is 0 Å². The lowest BCUT2D eigenvalue weighted by Crippen LogP contribution is -2.13. The molecule has 1 heterocycles. The van der Waals surface area contributed by atoms with Crippen LogP contribution in [0.2, 0.25) is 0 Å². The van der Waals surface area contributed by atoms with Crippen LogP contribution in [0.3, 0.4) is 0 Å². The van der Waals surface area contributed by atoms with Gasteiger partial charge in [-0.15, -0.1) is 0 Å². The summed E-state index contributed by atoms with van der Waals surface area (Å²) in [5, 5.41) is 0. The zero-order valence-corrected chi connectivity index (χ0v) is 15.0. The minimum atomic E-state index is -0.232. The van der Waals surface area contributed by atoms with E-state index >= 15 is 0 Å². The van der Waals surface area contributed by atoms with Gasteiger partial charge in [0.2, 0.25) is 0 Å². The minimum absolute atomic E-state index is 0.232. The van der Waals surface area contributed by atoms with Gasteiger partial charge in [0.15, 0.2) is 4.80 Å². The van der Waals surface area contributed by atoms with E-state index in [9.17, 15) is 4.79 Å². The molecule has 0 aliphatic carbocycles. The number of halogens is 1. The second kappa shape index (κ2) is 5.82. The largest absolute Gasteiger partial charge is 0.319 e. The van der Waals surface area contributed by atoms with Crippen molar-refractivity contribution in [3.8, 4) is 0 Å². The first-order valence-electron chi connectivity index (χ1n) is 6.88. The number of hydrogen-bond donors (Lipinski definition) is 0. The summed E-state index contributed by atoms with van der Waals surface area (Å²) < 4.78 is 3.90. The summed E-state index contributed by atoms with van der Waals surface area (Å²) in [5.41, 5.74) is 4.13. The van der Waals surface area contributed by atoms with Crippen molar-refractivity contribution >= 4 is 43.4 Å². The molecule has 0 saturated carbocycles. The number of aromatic nitrogens is 1. The Hall–Kier alpha value is -1.72. The van der Waals surface area contributed by atoms with E-state index in [-0.39, 0.29) is 5.91 Å². The first-order valence-corrected chi connectivity index (χ1v) is 8.48.